The van der Waals surface area contributed by atoms with Crippen LogP contribution in [0.2, 0.25) is 0 Å². The van der Waals surface area contributed by atoms with Gasteiger partial charge in [-0.25, -0.2) is 0 Å². The molecule has 95 valence electrons. The monoisotopic (exact) mass is 259 g/mol. The van der Waals surface area contributed by atoms with E-state index < -0.39 is 23.5 Å². The zero-order valence-electron chi connectivity index (χ0n) is 8.05. The molecule has 0 heterocycles. The first-order valence-electron chi connectivity index (χ1n) is 3.98. The van der Waals surface area contributed by atoms with Crippen LogP contribution in [0.15, 0.2) is 24.3 Å². The van der Waals surface area contributed by atoms with Gasteiger partial charge in [-0.1, -0.05) is 12.1 Å². The van der Waals surface area contributed by atoms with E-state index in [2.05, 4.69) is 0 Å². The van der Waals surface area contributed by atoms with Gasteiger partial charge in [-0.05, 0) is 12.1 Å². The molecule has 1 aromatic rings. The molecule has 1 rings (SSSR count). The second-order valence-electron chi connectivity index (χ2n) is 2.66. The predicted molar refractivity (Wildman–Crippen MR) is 46.6 cm³/mol. The molecule has 1 aromatic carbocycles. The van der Waals surface area contributed by atoms with Gasteiger partial charge < -0.3 is 10.0 Å². The molecule has 0 aliphatic heterocycles. The summed E-state index contributed by atoms with van der Waals surface area (Å²) in [6, 6.07) is 2.64. The van der Waals surface area contributed by atoms with Crippen molar-refractivity contribution in [3.05, 3.63) is 35.4 Å². The van der Waals surface area contributed by atoms with Crippen LogP contribution in [0.4, 0.5) is 26.3 Å². The highest BCUT2D eigenvalue weighted by atomic mass is 19.4. The highest BCUT2D eigenvalue weighted by molar-refractivity contribution is 6.13. The molecule has 0 fully saturated rings. The van der Waals surface area contributed by atoms with Crippen molar-refractivity contribution in [2.45, 2.75) is 12.4 Å². The Balaban J connectivity index is 0.000000770. The van der Waals surface area contributed by atoms with Crippen LogP contribution >= 0.6 is 0 Å². The lowest BCUT2D eigenvalue weighted by Gasteiger charge is -2.14. The molecule has 0 aromatic heterocycles. The molecule has 0 unspecified atom stereocenters. The van der Waals surface area contributed by atoms with Crippen LogP contribution in [-0.2, 0) is 12.4 Å². The SMILES string of the molecule is FC(F)(F)c1ccccc1C(F)(F)F.O[B]O. The van der Waals surface area contributed by atoms with E-state index >= 15 is 0 Å². The highest BCUT2D eigenvalue weighted by Gasteiger charge is 2.42. The Hall–Kier alpha value is -1.22. The molecule has 0 saturated carbocycles. The summed E-state index contributed by atoms with van der Waals surface area (Å²) in [5.41, 5.74) is -3.32. The Labute approximate surface area is 92.8 Å². The van der Waals surface area contributed by atoms with Gasteiger partial charge in [0.05, 0.1) is 11.1 Å². The second-order valence-corrected chi connectivity index (χ2v) is 2.66. The molecule has 0 aliphatic carbocycles. The summed E-state index contributed by atoms with van der Waals surface area (Å²) < 4.78 is 72.5. The van der Waals surface area contributed by atoms with Crippen molar-refractivity contribution in [2.24, 2.45) is 0 Å². The standard InChI is InChI=1S/C8H4F6.BH2O2/c9-7(10,11)5-3-1-2-4-6(5)8(12,13)14;2-1-3/h1-4H;2-3H. The van der Waals surface area contributed by atoms with E-state index in [0.717, 1.165) is 12.1 Å². The third-order valence-electron chi connectivity index (χ3n) is 1.54. The van der Waals surface area contributed by atoms with Crippen LogP contribution in [0.3, 0.4) is 0 Å². The van der Waals surface area contributed by atoms with Gasteiger partial charge >= 0.3 is 20.0 Å². The summed E-state index contributed by atoms with van der Waals surface area (Å²) in [4.78, 5) is 0. The van der Waals surface area contributed by atoms with E-state index in [0.29, 0.717) is 12.1 Å². The van der Waals surface area contributed by atoms with Gasteiger partial charge in [0.25, 0.3) is 0 Å². The molecular formula is C8H6BF6O2. The number of hydrogen-bond donors (Lipinski definition) is 2. The van der Waals surface area contributed by atoms with Crippen LogP contribution in [0.25, 0.3) is 0 Å². The first-order chi connectivity index (χ1) is 7.64. The van der Waals surface area contributed by atoms with Gasteiger partial charge in [0.1, 0.15) is 0 Å². The number of alkyl halides is 6. The van der Waals surface area contributed by atoms with Crippen molar-refractivity contribution in [3.63, 3.8) is 0 Å². The largest absolute Gasteiger partial charge is 0.482 e. The summed E-state index contributed by atoms with van der Waals surface area (Å²) in [7, 11) is 0. The van der Waals surface area contributed by atoms with E-state index in [-0.39, 0.29) is 7.69 Å². The molecule has 0 spiro atoms. The molecule has 0 aliphatic rings. The lowest BCUT2D eigenvalue weighted by molar-refractivity contribution is -0.162. The molecule has 0 amide bonds. The van der Waals surface area contributed by atoms with E-state index in [1.54, 1.807) is 0 Å². The Morgan fingerprint density at radius 3 is 1.18 bits per heavy atom. The van der Waals surface area contributed by atoms with Crippen LogP contribution in [-0.4, -0.2) is 17.7 Å². The highest BCUT2D eigenvalue weighted by Crippen LogP contribution is 2.39. The Morgan fingerprint density at radius 2 is 1.00 bits per heavy atom. The Morgan fingerprint density at radius 1 is 0.765 bits per heavy atom. The van der Waals surface area contributed by atoms with E-state index in [1.165, 1.54) is 0 Å². The first-order valence-corrected chi connectivity index (χ1v) is 3.98. The fourth-order valence-electron chi connectivity index (χ4n) is 0.978. The number of hydrogen-bond acceptors (Lipinski definition) is 2. The van der Waals surface area contributed by atoms with Crippen molar-refractivity contribution in [3.8, 4) is 0 Å². The summed E-state index contributed by atoms with van der Waals surface area (Å²) in [5.74, 6) is 0. The lowest BCUT2D eigenvalue weighted by Crippen LogP contribution is -2.15. The van der Waals surface area contributed by atoms with E-state index in [1.807, 2.05) is 0 Å². The molecule has 2 nitrogen and oxygen atoms in total. The minimum atomic E-state index is -4.98. The summed E-state index contributed by atoms with van der Waals surface area (Å²) in [6.45, 7) is 0. The van der Waals surface area contributed by atoms with Gasteiger partial charge in [-0.15, -0.1) is 0 Å². The average Bonchev–Trinajstić information content (AvgIpc) is 2.16. The maximum Gasteiger partial charge on any atom is 0.482 e. The predicted octanol–water partition coefficient (Wildman–Crippen LogP) is 2.23. The quantitative estimate of drug-likeness (QED) is 0.554. The van der Waals surface area contributed by atoms with Gasteiger partial charge in [0, 0.05) is 0 Å². The maximum atomic E-state index is 12.1. The van der Waals surface area contributed by atoms with Crippen molar-refractivity contribution in [1.82, 2.24) is 0 Å². The lowest BCUT2D eigenvalue weighted by atomic mass is 10.1. The Kier molecular flexibility index (Phi) is 5.50. The minimum Gasteiger partial charge on any atom is -0.429 e. The minimum absolute atomic E-state index is 0. The van der Waals surface area contributed by atoms with E-state index in [4.69, 9.17) is 10.0 Å². The second kappa shape index (κ2) is 5.92. The van der Waals surface area contributed by atoms with Crippen LogP contribution in [0, 0.1) is 0 Å². The molecule has 0 saturated heterocycles. The van der Waals surface area contributed by atoms with Gasteiger partial charge in [0.15, 0.2) is 0 Å². The Bertz CT molecular complexity index is 316. The van der Waals surface area contributed by atoms with E-state index in [9.17, 15) is 26.3 Å². The summed E-state index contributed by atoms with van der Waals surface area (Å²) >= 11 is 0. The first kappa shape index (κ1) is 15.8. The van der Waals surface area contributed by atoms with Crippen LogP contribution < -0.4 is 0 Å². The number of rotatable bonds is 0. The van der Waals surface area contributed by atoms with Crippen LogP contribution in [0.5, 0.6) is 0 Å². The zero-order valence-corrected chi connectivity index (χ0v) is 8.05. The topological polar surface area (TPSA) is 40.5 Å². The van der Waals surface area contributed by atoms with Crippen molar-refractivity contribution in [2.75, 3.05) is 0 Å². The van der Waals surface area contributed by atoms with Crippen molar-refractivity contribution < 1.29 is 36.4 Å². The smallest absolute Gasteiger partial charge is 0.429 e. The number of halogens is 6. The number of benzene rings is 1. The normalized spacial score (nSPS) is 11.5. The van der Waals surface area contributed by atoms with Gasteiger partial charge in [0.2, 0.25) is 0 Å². The molecule has 0 bridgehead atoms. The van der Waals surface area contributed by atoms with Crippen LogP contribution in [0.1, 0.15) is 11.1 Å². The molecule has 2 N–H and O–H groups in total. The summed E-state index contributed by atoms with van der Waals surface area (Å²) in [5, 5.41) is 14.0. The maximum absolute atomic E-state index is 12.1. The van der Waals surface area contributed by atoms with Crippen molar-refractivity contribution >= 4 is 7.69 Å². The molecule has 9 heteroatoms. The average molecular weight is 259 g/mol. The van der Waals surface area contributed by atoms with Gasteiger partial charge in [-0.3, -0.25) is 0 Å². The fourth-order valence-corrected chi connectivity index (χ4v) is 0.978. The van der Waals surface area contributed by atoms with Gasteiger partial charge in [-0.2, -0.15) is 26.3 Å². The molecular weight excluding hydrogens is 253 g/mol. The molecule has 17 heavy (non-hydrogen) atoms. The molecule has 1 radical (unpaired) electrons. The van der Waals surface area contributed by atoms with Crippen molar-refractivity contribution in [1.29, 1.82) is 0 Å². The third kappa shape index (κ3) is 5.09. The fraction of sp³-hybridized carbons (Fsp3) is 0.250. The third-order valence-corrected chi connectivity index (χ3v) is 1.54. The molecule has 0 atom stereocenters. The summed E-state index contributed by atoms with van der Waals surface area (Å²) in [6.07, 6.45) is -9.96. The zero-order chi connectivity index (χ0) is 13.7.